The molecule has 0 radical (unpaired) electrons. The van der Waals surface area contributed by atoms with Gasteiger partial charge in [0.05, 0.1) is 6.10 Å². The number of rotatable bonds is 6. The first-order valence-electron chi connectivity index (χ1n) is 6.38. The molecule has 1 aromatic rings. The van der Waals surface area contributed by atoms with Crippen LogP contribution in [0.4, 0.5) is 0 Å². The first-order chi connectivity index (χ1) is 8.04. The van der Waals surface area contributed by atoms with Gasteiger partial charge in [0.2, 0.25) is 5.88 Å². The maximum absolute atomic E-state index is 5.78. The second kappa shape index (κ2) is 6.60. The molecule has 1 aromatic heterocycles. The summed E-state index contributed by atoms with van der Waals surface area (Å²) in [5.41, 5.74) is 2.27. The van der Waals surface area contributed by atoms with Gasteiger partial charge in [-0.25, -0.2) is 4.98 Å². The molecule has 0 aliphatic carbocycles. The summed E-state index contributed by atoms with van der Waals surface area (Å²) in [5, 5.41) is 3.30. The van der Waals surface area contributed by atoms with Gasteiger partial charge in [-0.3, -0.25) is 0 Å². The zero-order chi connectivity index (χ0) is 12.8. The fourth-order valence-electron chi connectivity index (χ4n) is 1.41. The van der Waals surface area contributed by atoms with Crippen LogP contribution in [0.25, 0.3) is 0 Å². The lowest BCUT2D eigenvalue weighted by atomic mass is 10.1. The molecule has 1 N–H and O–H groups in total. The van der Waals surface area contributed by atoms with E-state index >= 15 is 0 Å². The van der Waals surface area contributed by atoms with Crippen LogP contribution in [-0.4, -0.2) is 17.6 Å². The summed E-state index contributed by atoms with van der Waals surface area (Å²) in [6, 6.07) is 4.05. The Balaban J connectivity index is 2.68. The lowest BCUT2D eigenvalue weighted by molar-refractivity contribution is 0.163. The Kier molecular flexibility index (Phi) is 5.42. The summed E-state index contributed by atoms with van der Waals surface area (Å²) in [6.45, 7) is 12.4. The summed E-state index contributed by atoms with van der Waals surface area (Å²) in [6.07, 6.45) is 0.196. The molecule has 0 spiro atoms. The van der Waals surface area contributed by atoms with Gasteiger partial charge in [-0.1, -0.05) is 26.8 Å². The van der Waals surface area contributed by atoms with Crippen molar-refractivity contribution < 1.29 is 4.74 Å². The first kappa shape index (κ1) is 14.0. The number of aromatic nitrogens is 1. The standard InChI is InChI=1S/C14H24N2O/c1-6-15-9-13-7-8-14(16-11(13)4)17-12(5)10(2)3/h7-8,10,12,15H,6,9H2,1-5H3. The second-order valence-corrected chi connectivity index (χ2v) is 4.74. The number of hydrogen-bond donors (Lipinski definition) is 1. The predicted molar refractivity (Wildman–Crippen MR) is 71.3 cm³/mol. The van der Waals surface area contributed by atoms with Gasteiger partial charge in [-0.2, -0.15) is 0 Å². The Morgan fingerprint density at radius 2 is 2.00 bits per heavy atom. The molecule has 1 atom stereocenters. The zero-order valence-corrected chi connectivity index (χ0v) is 11.6. The van der Waals surface area contributed by atoms with Gasteiger partial charge in [0.25, 0.3) is 0 Å². The number of aryl methyl sites for hydroxylation is 1. The maximum Gasteiger partial charge on any atom is 0.213 e. The van der Waals surface area contributed by atoms with Gasteiger partial charge >= 0.3 is 0 Å². The molecule has 0 fully saturated rings. The monoisotopic (exact) mass is 236 g/mol. The van der Waals surface area contributed by atoms with Crippen LogP contribution >= 0.6 is 0 Å². The van der Waals surface area contributed by atoms with Crippen LogP contribution in [0.1, 0.15) is 39.0 Å². The minimum Gasteiger partial charge on any atom is -0.474 e. The first-order valence-corrected chi connectivity index (χ1v) is 6.38. The van der Waals surface area contributed by atoms with E-state index in [1.165, 1.54) is 5.56 Å². The van der Waals surface area contributed by atoms with Gasteiger partial charge in [0, 0.05) is 18.3 Å². The van der Waals surface area contributed by atoms with Crippen molar-refractivity contribution in [3.05, 3.63) is 23.4 Å². The van der Waals surface area contributed by atoms with E-state index in [4.69, 9.17) is 4.74 Å². The van der Waals surface area contributed by atoms with E-state index in [1.54, 1.807) is 0 Å². The molecule has 1 unspecified atom stereocenters. The zero-order valence-electron chi connectivity index (χ0n) is 11.6. The van der Waals surface area contributed by atoms with Crippen molar-refractivity contribution in [2.24, 2.45) is 5.92 Å². The molecule has 3 heteroatoms. The molecule has 0 aliphatic rings. The molecule has 0 saturated carbocycles. The minimum atomic E-state index is 0.196. The Morgan fingerprint density at radius 3 is 2.53 bits per heavy atom. The highest BCUT2D eigenvalue weighted by atomic mass is 16.5. The average Bonchev–Trinajstić information content (AvgIpc) is 2.28. The highest BCUT2D eigenvalue weighted by Gasteiger charge is 2.10. The molecule has 0 aromatic carbocycles. The maximum atomic E-state index is 5.78. The topological polar surface area (TPSA) is 34.1 Å². The van der Waals surface area contributed by atoms with Crippen LogP contribution < -0.4 is 10.1 Å². The number of ether oxygens (including phenoxy) is 1. The Bertz CT molecular complexity index is 350. The van der Waals surface area contributed by atoms with Crippen LogP contribution in [0, 0.1) is 12.8 Å². The van der Waals surface area contributed by atoms with Gasteiger partial charge in [-0.15, -0.1) is 0 Å². The van der Waals surface area contributed by atoms with Gasteiger partial charge in [0.15, 0.2) is 0 Å². The van der Waals surface area contributed by atoms with Gasteiger partial charge in [-0.05, 0) is 31.9 Å². The highest BCUT2D eigenvalue weighted by molar-refractivity contribution is 5.25. The van der Waals surface area contributed by atoms with Crippen molar-refractivity contribution in [3.63, 3.8) is 0 Å². The normalized spacial score (nSPS) is 12.8. The quantitative estimate of drug-likeness (QED) is 0.824. The smallest absolute Gasteiger partial charge is 0.213 e. The fraction of sp³-hybridized carbons (Fsp3) is 0.643. The Morgan fingerprint density at radius 1 is 1.29 bits per heavy atom. The van der Waals surface area contributed by atoms with E-state index in [-0.39, 0.29) is 6.10 Å². The van der Waals surface area contributed by atoms with Crippen molar-refractivity contribution in [1.82, 2.24) is 10.3 Å². The molecule has 1 rings (SSSR count). The largest absolute Gasteiger partial charge is 0.474 e. The summed E-state index contributed by atoms with van der Waals surface area (Å²) in [5.74, 6) is 1.22. The van der Waals surface area contributed by atoms with Crippen molar-refractivity contribution in [2.75, 3.05) is 6.54 Å². The molecule has 3 nitrogen and oxygen atoms in total. The lowest BCUT2D eigenvalue weighted by Gasteiger charge is -2.18. The summed E-state index contributed by atoms with van der Waals surface area (Å²) in [7, 11) is 0. The molecule has 0 bridgehead atoms. The van der Waals surface area contributed by atoms with E-state index < -0.39 is 0 Å². The molecule has 1 heterocycles. The van der Waals surface area contributed by atoms with Crippen LogP contribution in [0.3, 0.4) is 0 Å². The number of nitrogens with one attached hydrogen (secondary N) is 1. The molecule has 0 saturated heterocycles. The summed E-state index contributed by atoms with van der Waals surface area (Å²) in [4.78, 5) is 4.49. The molecular weight excluding hydrogens is 212 g/mol. The van der Waals surface area contributed by atoms with Crippen molar-refractivity contribution in [1.29, 1.82) is 0 Å². The molecule has 0 amide bonds. The van der Waals surface area contributed by atoms with Crippen LogP contribution in [0.15, 0.2) is 12.1 Å². The van der Waals surface area contributed by atoms with Crippen LogP contribution in [0.2, 0.25) is 0 Å². The second-order valence-electron chi connectivity index (χ2n) is 4.74. The lowest BCUT2D eigenvalue weighted by Crippen LogP contribution is -2.19. The summed E-state index contributed by atoms with van der Waals surface area (Å²) >= 11 is 0. The fourth-order valence-corrected chi connectivity index (χ4v) is 1.41. The number of pyridine rings is 1. The number of nitrogens with zero attached hydrogens (tertiary/aromatic N) is 1. The average molecular weight is 236 g/mol. The van der Waals surface area contributed by atoms with E-state index in [1.807, 2.05) is 13.0 Å². The van der Waals surface area contributed by atoms with Crippen molar-refractivity contribution >= 4 is 0 Å². The third-order valence-electron chi connectivity index (χ3n) is 2.98. The SMILES string of the molecule is CCNCc1ccc(OC(C)C(C)C)nc1C. The van der Waals surface area contributed by atoms with Crippen molar-refractivity contribution in [3.8, 4) is 5.88 Å². The van der Waals surface area contributed by atoms with Gasteiger partial charge in [0.1, 0.15) is 0 Å². The summed E-state index contributed by atoms with van der Waals surface area (Å²) < 4.78 is 5.78. The van der Waals surface area contributed by atoms with Crippen LogP contribution in [-0.2, 0) is 6.54 Å². The molecule has 0 aliphatic heterocycles. The van der Waals surface area contributed by atoms with E-state index in [2.05, 4.69) is 44.1 Å². The third-order valence-corrected chi connectivity index (χ3v) is 2.98. The van der Waals surface area contributed by atoms with E-state index in [9.17, 15) is 0 Å². The van der Waals surface area contributed by atoms with Gasteiger partial charge < -0.3 is 10.1 Å². The van der Waals surface area contributed by atoms with Crippen molar-refractivity contribution in [2.45, 2.75) is 47.3 Å². The Labute approximate surface area is 105 Å². The molecule has 96 valence electrons. The Hall–Kier alpha value is -1.09. The third kappa shape index (κ3) is 4.35. The number of hydrogen-bond acceptors (Lipinski definition) is 3. The van der Waals surface area contributed by atoms with Crippen LogP contribution in [0.5, 0.6) is 5.88 Å². The van der Waals surface area contributed by atoms with E-state index in [0.717, 1.165) is 24.7 Å². The molecule has 17 heavy (non-hydrogen) atoms. The van der Waals surface area contributed by atoms with E-state index in [0.29, 0.717) is 5.92 Å². The predicted octanol–water partition coefficient (Wildman–Crippen LogP) is 2.92. The molecular formula is C14H24N2O. The minimum absolute atomic E-state index is 0.196. The highest BCUT2D eigenvalue weighted by Crippen LogP contribution is 2.16.